The Bertz CT molecular complexity index is 1180. The number of aryl methyl sites for hydroxylation is 4. The Kier molecular flexibility index (Phi) is 4.84. The predicted octanol–water partition coefficient (Wildman–Crippen LogP) is 5.38. The van der Waals surface area contributed by atoms with Crippen LogP contribution in [0.4, 0.5) is 5.13 Å². The predicted molar refractivity (Wildman–Crippen MR) is 115 cm³/mol. The molecule has 0 aliphatic heterocycles. The Labute approximate surface area is 173 Å². The molecule has 148 valence electrons. The first-order valence-corrected chi connectivity index (χ1v) is 10.2. The summed E-state index contributed by atoms with van der Waals surface area (Å²) in [5, 5.41) is 9.20. The number of nitrogens with one attached hydrogen (secondary N) is 1. The van der Waals surface area contributed by atoms with E-state index in [1.807, 2.05) is 5.38 Å². The maximum Gasteiger partial charge on any atom is 0.262 e. The number of hydrogen-bond acceptors (Lipinski definition) is 5. The number of hydrogen-bond donors (Lipinski definition) is 1. The first kappa shape index (κ1) is 19.1. The van der Waals surface area contributed by atoms with Crippen LogP contribution in [-0.2, 0) is 0 Å². The van der Waals surface area contributed by atoms with Crippen LogP contribution >= 0.6 is 11.3 Å². The van der Waals surface area contributed by atoms with Gasteiger partial charge in [0.15, 0.2) is 5.13 Å². The second kappa shape index (κ2) is 7.33. The van der Waals surface area contributed by atoms with Crippen LogP contribution in [-0.4, -0.2) is 20.6 Å². The molecule has 29 heavy (non-hydrogen) atoms. The third-order valence-corrected chi connectivity index (χ3v) is 5.74. The van der Waals surface area contributed by atoms with E-state index in [1.54, 1.807) is 13.8 Å². The third-order valence-electron chi connectivity index (χ3n) is 4.98. The van der Waals surface area contributed by atoms with E-state index >= 15 is 0 Å². The van der Waals surface area contributed by atoms with Crippen LogP contribution in [0.25, 0.3) is 16.9 Å². The van der Waals surface area contributed by atoms with E-state index in [0.29, 0.717) is 22.1 Å². The van der Waals surface area contributed by atoms with Crippen molar-refractivity contribution in [2.75, 3.05) is 5.32 Å². The molecule has 4 aromatic rings. The molecule has 1 N–H and O–H groups in total. The first-order valence-electron chi connectivity index (χ1n) is 9.31. The molecule has 0 fully saturated rings. The highest BCUT2D eigenvalue weighted by Crippen LogP contribution is 2.32. The van der Waals surface area contributed by atoms with Gasteiger partial charge in [0.1, 0.15) is 11.3 Å². The van der Waals surface area contributed by atoms with Gasteiger partial charge in [-0.1, -0.05) is 22.9 Å². The maximum atomic E-state index is 12.6. The molecule has 0 aliphatic rings. The quantitative estimate of drug-likeness (QED) is 0.494. The molecule has 0 unspecified atom stereocenters. The SMILES string of the molecule is Cc1ccc(-n2c(C)cc(-c3csc(NC(=O)c4c(C)noc4C)n3)c2C)cc1. The van der Waals surface area contributed by atoms with Gasteiger partial charge in [-0.05, 0) is 52.8 Å². The van der Waals surface area contributed by atoms with Gasteiger partial charge in [0.2, 0.25) is 0 Å². The van der Waals surface area contributed by atoms with E-state index in [0.717, 1.165) is 28.3 Å². The highest BCUT2D eigenvalue weighted by Gasteiger charge is 2.20. The summed E-state index contributed by atoms with van der Waals surface area (Å²) in [7, 11) is 0. The van der Waals surface area contributed by atoms with Crippen LogP contribution < -0.4 is 5.32 Å². The Morgan fingerprint density at radius 3 is 2.48 bits per heavy atom. The molecule has 0 spiro atoms. The lowest BCUT2D eigenvalue weighted by Crippen LogP contribution is -2.13. The molecule has 7 heteroatoms. The normalized spacial score (nSPS) is 11.1. The summed E-state index contributed by atoms with van der Waals surface area (Å²) >= 11 is 1.40. The maximum absolute atomic E-state index is 12.6. The summed E-state index contributed by atoms with van der Waals surface area (Å²) < 4.78 is 7.30. The van der Waals surface area contributed by atoms with Gasteiger partial charge >= 0.3 is 0 Å². The Balaban J connectivity index is 1.62. The molecular weight excluding hydrogens is 384 g/mol. The minimum absolute atomic E-state index is 0.257. The van der Waals surface area contributed by atoms with Crippen molar-refractivity contribution in [2.24, 2.45) is 0 Å². The lowest BCUT2D eigenvalue weighted by Gasteiger charge is -2.10. The van der Waals surface area contributed by atoms with Gasteiger partial charge in [0.05, 0.1) is 11.4 Å². The van der Waals surface area contributed by atoms with Crippen molar-refractivity contribution in [3.63, 3.8) is 0 Å². The largest absolute Gasteiger partial charge is 0.361 e. The molecule has 1 amide bonds. The van der Waals surface area contributed by atoms with Gasteiger partial charge in [0.25, 0.3) is 5.91 Å². The summed E-state index contributed by atoms with van der Waals surface area (Å²) in [6.07, 6.45) is 0. The zero-order chi connectivity index (χ0) is 20.7. The number of anilines is 1. The number of benzene rings is 1. The zero-order valence-corrected chi connectivity index (χ0v) is 17.8. The number of thiazole rings is 1. The van der Waals surface area contributed by atoms with Gasteiger partial charge < -0.3 is 9.09 Å². The highest BCUT2D eigenvalue weighted by molar-refractivity contribution is 7.14. The average molecular weight is 407 g/mol. The molecule has 0 aliphatic carbocycles. The fourth-order valence-electron chi connectivity index (χ4n) is 3.53. The van der Waals surface area contributed by atoms with Gasteiger partial charge in [-0.3, -0.25) is 10.1 Å². The fraction of sp³-hybridized carbons (Fsp3) is 0.227. The Hall–Kier alpha value is -3.19. The molecule has 4 rings (SSSR count). The van der Waals surface area contributed by atoms with Crippen LogP contribution in [0, 0.1) is 34.6 Å². The fourth-order valence-corrected chi connectivity index (χ4v) is 4.24. The zero-order valence-electron chi connectivity index (χ0n) is 17.0. The third kappa shape index (κ3) is 3.49. The monoisotopic (exact) mass is 406 g/mol. The number of aromatic nitrogens is 3. The van der Waals surface area contributed by atoms with Crippen molar-refractivity contribution >= 4 is 22.4 Å². The van der Waals surface area contributed by atoms with Crippen LogP contribution in [0.5, 0.6) is 0 Å². The van der Waals surface area contributed by atoms with E-state index in [4.69, 9.17) is 4.52 Å². The van der Waals surface area contributed by atoms with Crippen molar-refractivity contribution in [3.05, 3.63) is 69.7 Å². The number of nitrogens with zero attached hydrogens (tertiary/aromatic N) is 3. The molecule has 0 atom stereocenters. The van der Waals surface area contributed by atoms with Crippen LogP contribution in [0.15, 0.2) is 40.2 Å². The van der Waals surface area contributed by atoms with Gasteiger partial charge in [-0.15, -0.1) is 11.3 Å². The lowest BCUT2D eigenvalue weighted by atomic mass is 10.2. The summed E-state index contributed by atoms with van der Waals surface area (Å²) in [6.45, 7) is 9.73. The van der Waals surface area contributed by atoms with Crippen molar-refractivity contribution < 1.29 is 9.32 Å². The second-order valence-electron chi connectivity index (χ2n) is 7.15. The van der Waals surface area contributed by atoms with E-state index in [9.17, 15) is 4.79 Å². The van der Waals surface area contributed by atoms with Crippen molar-refractivity contribution in [1.29, 1.82) is 0 Å². The summed E-state index contributed by atoms with van der Waals surface area (Å²) in [5.41, 5.74) is 7.52. The molecule has 6 nitrogen and oxygen atoms in total. The van der Waals surface area contributed by atoms with Gasteiger partial charge in [-0.25, -0.2) is 4.98 Å². The molecule has 0 radical (unpaired) electrons. The van der Waals surface area contributed by atoms with E-state index in [1.165, 1.54) is 16.9 Å². The van der Waals surface area contributed by atoms with Gasteiger partial charge in [-0.2, -0.15) is 0 Å². The molecular formula is C22H22N4O2S. The molecule has 0 saturated heterocycles. The van der Waals surface area contributed by atoms with Crippen molar-refractivity contribution in [3.8, 4) is 16.9 Å². The van der Waals surface area contributed by atoms with E-state index < -0.39 is 0 Å². The number of rotatable bonds is 4. The number of carbonyl (C=O) groups is 1. The number of amides is 1. The Morgan fingerprint density at radius 2 is 1.83 bits per heavy atom. The van der Waals surface area contributed by atoms with Crippen LogP contribution in [0.1, 0.15) is 38.8 Å². The van der Waals surface area contributed by atoms with Crippen LogP contribution in [0.2, 0.25) is 0 Å². The van der Waals surface area contributed by atoms with E-state index in [2.05, 4.69) is 71.1 Å². The Morgan fingerprint density at radius 1 is 1.10 bits per heavy atom. The first-order chi connectivity index (χ1) is 13.8. The van der Waals surface area contributed by atoms with Crippen molar-refractivity contribution in [2.45, 2.75) is 34.6 Å². The highest BCUT2D eigenvalue weighted by atomic mass is 32.1. The summed E-state index contributed by atoms with van der Waals surface area (Å²) in [4.78, 5) is 17.2. The van der Waals surface area contributed by atoms with E-state index in [-0.39, 0.29) is 5.91 Å². The summed E-state index contributed by atoms with van der Waals surface area (Å²) in [6, 6.07) is 10.6. The molecule has 0 bridgehead atoms. The summed E-state index contributed by atoms with van der Waals surface area (Å²) in [5.74, 6) is 0.241. The molecule has 3 aromatic heterocycles. The lowest BCUT2D eigenvalue weighted by molar-refractivity contribution is 0.102. The minimum Gasteiger partial charge on any atom is -0.361 e. The smallest absolute Gasteiger partial charge is 0.262 e. The topological polar surface area (TPSA) is 73.0 Å². The molecule has 3 heterocycles. The van der Waals surface area contributed by atoms with Gasteiger partial charge in [0, 0.05) is 28.0 Å². The van der Waals surface area contributed by atoms with Crippen molar-refractivity contribution in [1.82, 2.24) is 14.7 Å². The standard InChI is InChI=1S/C22H22N4O2S/c1-12-6-8-17(9-7-12)26-13(2)10-18(15(26)4)19-11-29-22(23-19)24-21(27)20-14(3)25-28-16(20)5/h6-11H,1-5H3,(H,23,24,27). The average Bonchev–Trinajstić information content (AvgIpc) is 3.34. The number of carbonyl (C=O) groups excluding carboxylic acids is 1. The molecule has 0 saturated carbocycles. The van der Waals surface area contributed by atoms with Crippen LogP contribution in [0.3, 0.4) is 0 Å². The minimum atomic E-state index is -0.257. The molecule has 1 aromatic carbocycles. The second-order valence-corrected chi connectivity index (χ2v) is 8.01.